The van der Waals surface area contributed by atoms with Crippen molar-refractivity contribution in [3.63, 3.8) is 0 Å². The summed E-state index contributed by atoms with van der Waals surface area (Å²) in [5.74, 6) is 0.918. The number of aromatic nitrogens is 2. The number of benzene rings is 1. The van der Waals surface area contributed by atoms with Gasteiger partial charge in [-0.15, -0.1) is 0 Å². The Morgan fingerprint density at radius 1 is 1.37 bits per heavy atom. The molecule has 0 aliphatic carbocycles. The third kappa shape index (κ3) is 3.83. The molecule has 0 unspecified atom stereocenters. The molecule has 0 spiro atoms. The standard InChI is InChI=1S/C15H21N3O/c1-3-18-12-17-11-14(18)10-16-8-7-13-5-4-6-15(9-13)19-2/h4-6,9,11-12,16H,3,7-8,10H2,1-2H3. The molecule has 0 aliphatic rings. The van der Waals surface area contributed by atoms with Gasteiger partial charge in [0, 0.05) is 19.3 Å². The first-order valence-corrected chi connectivity index (χ1v) is 6.66. The molecular weight excluding hydrogens is 238 g/mol. The van der Waals surface area contributed by atoms with E-state index in [0.717, 1.165) is 31.8 Å². The molecule has 0 fully saturated rings. The summed E-state index contributed by atoms with van der Waals surface area (Å²) < 4.78 is 7.37. The Bertz CT molecular complexity index is 508. The summed E-state index contributed by atoms with van der Waals surface area (Å²) in [6, 6.07) is 8.20. The maximum absolute atomic E-state index is 5.22. The van der Waals surface area contributed by atoms with E-state index in [0.29, 0.717) is 0 Å². The van der Waals surface area contributed by atoms with E-state index in [2.05, 4.69) is 33.9 Å². The molecule has 0 amide bonds. The Labute approximate surface area is 114 Å². The van der Waals surface area contributed by atoms with Gasteiger partial charge in [0.25, 0.3) is 0 Å². The van der Waals surface area contributed by atoms with Crippen LogP contribution in [0.15, 0.2) is 36.8 Å². The average Bonchev–Trinajstić information content (AvgIpc) is 2.91. The highest BCUT2D eigenvalue weighted by Crippen LogP contribution is 2.12. The number of nitrogens with one attached hydrogen (secondary N) is 1. The summed E-state index contributed by atoms with van der Waals surface area (Å²) >= 11 is 0. The van der Waals surface area contributed by atoms with Gasteiger partial charge >= 0.3 is 0 Å². The maximum atomic E-state index is 5.22. The van der Waals surface area contributed by atoms with E-state index in [4.69, 9.17) is 4.74 Å². The Kier molecular flexibility index (Phi) is 4.98. The Balaban J connectivity index is 1.77. The molecule has 0 aliphatic heterocycles. The van der Waals surface area contributed by atoms with Crippen LogP contribution < -0.4 is 10.1 Å². The van der Waals surface area contributed by atoms with E-state index >= 15 is 0 Å². The van der Waals surface area contributed by atoms with Crippen molar-refractivity contribution in [1.82, 2.24) is 14.9 Å². The quantitative estimate of drug-likeness (QED) is 0.775. The number of ether oxygens (including phenoxy) is 1. The highest BCUT2D eigenvalue weighted by molar-refractivity contribution is 5.28. The molecule has 0 atom stereocenters. The zero-order valence-electron chi connectivity index (χ0n) is 11.6. The van der Waals surface area contributed by atoms with E-state index in [1.54, 1.807) is 7.11 Å². The van der Waals surface area contributed by atoms with Crippen LogP contribution >= 0.6 is 0 Å². The van der Waals surface area contributed by atoms with Crippen molar-refractivity contribution in [2.24, 2.45) is 0 Å². The van der Waals surface area contributed by atoms with Crippen molar-refractivity contribution < 1.29 is 4.74 Å². The van der Waals surface area contributed by atoms with Crippen molar-refractivity contribution in [3.05, 3.63) is 48.0 Å². The SMILES string of the molecule is CCn1cncc1CNCCc1cccc(OC)c1. The lowest BCUT2D eigenvalue weighted by Crippen LogP contribution is -2.18. The smallest absolute Gasteiger partial charge is 0.119 e. The van der Waals surface area contributed by atoms with Crippen LogP contribution in [0.5, 0.6) is 5.75 Å². The number of imidazole rings is 1. The third-order valence-electron chi connectivity index (χ3n) is 3.17. The number of rotatable bonds is 7. The fraction of sp³-hybridized carbons (Fsp3) is 0.400. The topological polar surface area (TPSA) is 39.1 Å². The van der Waals surface area contributed by atoms with Crippen LogP contribution in [0.4, 0.5) is 0 Å². The van der Waals surface area contributed by atoms with E-state index in [-0.39, 0.29) is 0 Å². The molecule has 1 aromatic carbocycles. The van der Waals surface area contributed by atoms with E-state index in [9.17, 15) is 0 Å². The summed E-state index contributed by atoms with van der Waals surface area (Å²) in [5.41, 5.74) is 2.52. The first kappa shape index (κ1) is 13.6. The Morgan fingerprint density at radius 2 is 2.26 bits per heavy atom. The second kappa shape index (κ2) is 6.95. The van der Waals surface area contributed by atoms with Gasteiger partial charge in [-0.05, 0) is 37.6 Å². The summed E-state index contributed by atoms with van der Waals surface area (Å²) in [7, 11) is 1.70. The van der Waals surface area contributed by atoms with Crippen LogP contribution in [0.2, 0.25) is 0 Å². The highest BCUT2D eigenvalue weighted by atomic mass is 16.5. The fourth-order valence-corrected chi connectivity index (χ4v) is 2.06. The van der Waals surface area contributed by atoms with Gasteiger partial charge in [-0.3, -0.25) is 0 Å². The molecular formula is C15H21N3O. The Morgan fingerprint density at radius 3 is 3.05 bits per heavy atom. The molecule has 0 bridgehead atoms. The van der Waals surface area contributed by atoms with E-state index < -0.39 is 0 Å². The minimum atomic E-state index is 0.859. The van der Waals surface area contributed by atoms with Gasteiger partial charge in [-0.2, -0.15) is 0 Å². The molecule has 0 saturated carbocycles. The van der Waals surface area contributed by atoms with Crippen molar-refractivity contribution in [3.8, 4) is 5.75 Å². The van der Waals surface area contributed by atoms with E-state index in [1.807, 2.05) is 24.7 Å². The zero-order chi connectivity index (χ0) is 13.5. The number of hydrogen-bond acceptors (Lipinski definition) is 3. The highest BCUT2D eigenvalue weighted by Gasteiger charge is 2.00. The van der Waals surface area contributed by atoms with Crippen LogP contribution in [-0.4, -0.2) is 23.2 Å². The molecule has 0 saturated heterocycles. The zero-order valence-corrected chi connectivity index (χ0v) is 11.6. The van der Waals surface area contributed by atoms with Crippen molar-refractivity contribution >= 4 is 0 Å². The average molecular weight is 259 g/mol. The molecule has 2 aromatic rings. The normalized spacial score (nSPS) is 10.6. The minimum Gasteiger partial charge on any atom is -0.497 e. The van der Waals surface area contributed by atoms with Crippen LogP contribution in [0.25, 0.3) is 0 Å². The lowest BCUT2D eigenvalue weighted by atomic mass is 10.1. The monoisotopic (exact) mass is 259 g/mol. The molecule has 4 heteroatoms. The summed E-state index contributed by atoms with van der Waals surface area (Å²) in [6.07, 6.45) is 4.79. The third-order valence-corrected chi connectivity index (χ3v) is 3.17. The molecule has 1 N–H and O–H groups in total. The number of methoxy groups -OCH3 is 1. The van der Waals surface area contributed by atoms with Crippen LogP contribution in [0.1, 0.15) is 18.2 Å². The van der Waals surface area contributed by atoms with Crippen molar-refractivity contribution in [2.75, 3.05) is 13.7 Å². The van der Waals surface area contributed by atoms with Crippen LogP contribution in [-0.2, 0) is 19.5 Å². The molecule has 102 valence electrons. The number of hydrogen-bond donors (Lipinski definition) is 1. The lowest BCUT2D eigenvalue weighted by Gasteiger charge is -2.08. The minimum absolute atomic E-state index is 0.859. The fourth-order valence-electron chi connectivity index (χ4n) is 2.06. The van der Waals surface area contributed by atoms with Crippen LogP contribution in [0.3, 0.4) is 0 Å². The van der Waals surface area contributed by atoms with Gasteiger partial charge in [0.05, 0.1) is 19.1 Å². The van der Waals surface area contributed by atoms with Gasteiger partial charge in [0.15, 0.2) is 0 Å². The molecule has 0 radical (unpaired) electrons. The lowest BCUT2D eigenvalue weighted by molar-refractivity contribution is 0.414. The summed E-state index contributed by atoms with van der Waals surface area (Å²) in [5, 5.41) is 3.45. The summed E-state index contributed by atoms with van der Waals surface area (Å²) in [6.45, 7) is 4.90. The van der Waals surface area contributed by atoms with E-state index in [1.165, 1.54) is 11.3 Å². The maximum Gasteiger partial charge on any atom is 0.119 e. The van der Waals surface area contributed by atoms with Crippen molar-refractivity contribution in [1.29, 1.82) is 0 Å². The Hall–Kier alpha value is -1.81. The van der Waals surface area contributed by atoms with Crippen LogP contribution in [0, 0.1) is 0 Å². The molecule has 19 heavy (non-hydrogen) atoms. The molecule has 2 rings (SSSR count). The van der Waals surface area contributed by atoms with Gasteiger partial charge in [0.2, 0.25) is 0 Å². The first-order chi connectivity index (χ1) is 9.33. The first-order valence-electron chi connectivity index (χ1n) is 6.66. The number of aryl methyl sites for hydroxylation is 1. The molecule has 4 nitrogen and oxygen atoms in total. The van der Waals surface area contributed by atoms with Crippen molar-refractivity contribution in [2.45, 2.75) is 26.4 Å². The molecule has 1 heterocycles. The predicted octanol–water partition coefficient (Wildman–Crippen LogP) is 2.24. The van der Waals surface area contributed by atoms with Gasteiger partial charge in [0.1, 0.15) is 5.75 Å². The number of nitrogens with zero attached hydrogens (tertiary/aromatic N) is 2. The second-order valence-electron chi connectivity index (χ2n) is 4.45. The van der Waals surface area contributed by atoms with Gasteiger partial charge in [-0.1, -0.05) is 12.1 Å². The largest absolute Gasteiger partial charge is 0.497 e. The predicted molar refractivity (Wildman–Crippen MR) is 76.3 cm³/mol. The van der Waals surface area contributed by atoms with Gasteiger partial charge < -0.3 is 14.6 Å². The second-order valence-corrected chi connectivity index (χ2v) is 4.45. The van der Waals surface area contributed by atoms with Gasteiger partial charge in [-0.25, -0.2) is 4.98 Å². The molecule has 1 aromatic heterocycles. The summed E-state index contributed by atoms with van der Waals surface area (Å²) in [4.78, 5) is 4.16.